The molecule has 1 aliphatic rings. The van der Waals surface area contributed by atoms with Crippen molar-refractivity contribution in [3.8, 4) is 0 Å². The molecule has 2 aromatic carbocycles. The van der Waals surface area contributed by atoms with Crippen molar-refractivity contribution in [1.82, 2.24) is 5.32 Å². The first-order valence-electron chi connectivity index (χ1n) is 10.3. The van der Waals surface area contributed by atoms with Crippen LogP contribution in [0.4, 0.5) is 5.69 Å². The first-order chi connectivity index (χ1) is 14.2. The summed E-state index contributed by atoms with van der Waals surface area (Å²) in [6, 6.07) is 11.9. The van der Waals surface area contributed by atoms with Crippen LogP contribution in [0.5, 0.6) is 0 Å². The van der Waals surface area contributed by atoms with Crippen molar-refractivity contribution in [1.29, 1.82) is 0 Å². The summed E-state index contributed by atoms with van der Waals surface area (Å²) in [6.07, 6.45) is 1.50. The summed E-state index contributed by atoms with van der Waals surface area (Å²) in [6.45, 7) is 8.91. The summed E-state index contributed by atoms with van der Waals surface area (Å²) in [5.74, 6) is -0.158. The average molecular weight is 431 g/mol. The minimum atomic E-state index is -3.66. The third-order valence-corrected chi connectivity index (χ3v) is 7.07. The number of ether oxygens (including phenoxy) is 1. The molecule has 2 aromatic rings. The van der Waals surface area contributed by atoms with Crippen LogP contribution in [0, 0.1) is 6.92 Å². The van der Waals surface area contributed by atoms with Crippen molar-refractivity contribution in [2.75, 3.05) is 17.5 Å². The van der Waals surface area contributed by atoms with Gasteiger partial charge >= 0.3 is 0 Å². The van der Waals surface area contributed by atoms with Crippen LogP contribution in [0.1, 0.15) is 48.7 Å². The van der Waals surface area contributed by atoms with Crippen molar-refractivity contribution in [3.63, 3.8) is 0 Å². The highest BCUT2D eigenvalue weighted by molar-refractivity contribution is 7.92. The van der Waals surface area contributed by atoms with Crippen LogP contribution in [0.2, 0.25) is 0 Å². The van der Waals surface area contributed by atoms with Gasteiger partial charge in [0, 0.05) is 24.8 Å². The first-order valence-corrected chi connectivity index (χ1v) is 11.8. The summed E-state index contributed by atoms with van der Waals surface area (Å²) in [7, 11) is -3.66. The van der Waals surface area contributed by atoms with E-state index in [1.807, 2.05) is 27.7 Å². The number of hydrogen-bond acceptors (Lipinski definition) is 4. The van der Waals surface area contributed by atoms with E-state index in [-0.39, 0.29) is 22.9 Å². The van der Waals surface area contributed by atoms with Gasteiger partial charge in [-0.05, 0) is 76.4 Å². The minimum absolute atomic E-state index is 0.158. The van der Waals surface area contributed by atoms with Crippen LogP contribution in [-0.2, 0) is 21.2 Å². The van der Waals surface area contributed by atoms with Crippen LogP contribution in [0.25, 0.3) is 0 Å². The number of amides is 1. The fourth-order valence-electron chi connectivity index (χ4n) is 3.63. The molecule has 3 rings (SSSR count). The maximum Gasteiger partial charge on any atom is 0.264 e. The molecule has 30 heavy (non-hydrogen) atoms. The number of fused-ring (bicyclic) bond motifs is 1. The average Bonchev–Trinajstić information content (AvgIpc) is 3.03. The molecule has 6 nitrogen and oxygen atoms in total. The predicted molar refractivity (Wildman–Crippen MR) is 118 cm³/mol. The SMILES string of the molecule is Cc1ccc(S(=O)(=O)N2c3ccc(C(=O)NCCCOC(C)C)cc3C[C@@H]2C)cc1. The lowest BCUT2D eigenvalue weighted by Gasteiger charge is -2.24. The van der Waals surface area contributed by atoms with Gasteiger partial charge in [0.1, 0.15) is 0 Å². The third-order valence-electron chi connectivity index (χ3n) is 5.13. The molecule has 162 valence electrons. The molecule has 1 amide bonds. The van der Waals surface area contributed by atoms with Crippen molar-refractivity contribution in [3.05, 3.63) is 59.2 Å². The van der Waals surface area contributed by atoms with Gasteiger partial charge in [0.15, 0.2) is 0 Å². The van der Waals surface area contributed by atoms with E-state index in [9.17, 15) is 13.2 Å². The molecule has 1 N–H and O–H groups in total. The second kappa shape index (κ2) is 9.18. The quantitative estimate of drug-likeness (QED) is 0.648. The maximum atomic E-state index is 13.2. The largest absolute Gasteiger partial charge is 0.379 e. The summed E-state index contributed by atoms with van der Waals surface area (Å²) >= 11 is 0. The summed E-state index contributed by atoms with van der Waals surface area (Å²) < 4.78 is 33.4. The molecule has 0 fully saturated rings. The number of anilines is 1. The predicted octanol–water partition coefficient (Wildman–Crippen LogP) is 3.68. The van der Waals surface area contributed by atoms with E-state index >= 15 is 0 Å². The second-order valence-electron chi connectivity index (χ2n) is 8.04. The number of aryl methyl sites for hydroxylation is 1. The number of nitrogens with zero attached hydrogens (tertiary/aromatic N) is 1. The Morgan fingerprint density at radius 1 is 1.20 bits per heavy atom. The normalized spacial score (nSPS) is 16.0. The van der Waals surface area contributed by atoms with E-state index in [4.69, 9.17) is 4.74 Å². The van der Waals surface area contributed by atoms with Crippen LogP contribution in [0.3, 0.4) is 0 Å². The van der Waals surface area contributed by atoms with Gasteiger partial charge in [-0.25, -0.2) is 8.42 Å². The van der Waals surface area contributed by atoms with E-state index < -0.39 is 10.0 Å². The lowest BCUT2D eigenvalue weighted by molar-refractivity contribution is 0.0757. The summed E-state index contributed by atoms with van der Waals surface area (Å²) in [5.41, 5.74) is 3.06. The fraction of sp³-hybridized carbons (Fsp3) is 0.435. The first kappa shape index (κ1) is 22.3. The standard InChI is InChI=1S/C23H30N2O4S/c1-16(2)29-13-5-12-24-23(26)19-8-11-22-20(15-19)14-18(4)25(22)30(27,28)21-9-6-17(3)7-10-21/h6-11,15-16,18H,5,12-14H2,1-4H3,(H,24,26)/t18-/m0/s1. The third kappa shape index (κ3) is 4.84. The number of benzene rings is 2. The lowest BCUT2D eigenvalue weighted by atomic mass is 10.1. The molecular formula is C23H30N2O4S. The van der Waals surface area contributed by atoms with Crippen molar-refractivity contribution >= 4 is 21.6 Å². The molecule has 0 radical (unpaired) electrons. The van der Waals surface area contributed by atoms with E-state index in [2.05, 4.69) is 5.32 Å². The van der Waals surface area contributed by atoms with Crippen molar-refractivity contribution < 1.29 is 17.9 Å². The molecule has 0 unspecified atom stereocenters. The molecular weight excluding hydrogens is 400 g/mol. The minimum Gasteiger partial charge on any atom is -0.379 e. The maximum absolute atomic E-state index is 13.2. The molecule has 0 aromatic heterocycles. The number of nitrogens with one attached hydrogen (secondary N) is 1. The van der Waals surface area contributed by atoms with Gasteiger partial charge in [0.25, 0.3) is 15.9 Å². The zero-order valence-electron chi connectivity index (χ0n) is 18.0. The van der Waals surface area contributed by atoms with E-state index in [0.717, 1.165) is 17.5 Å². The van der Waals surface area contributed by atoms with Gasteiger partial charge < -0.3 is 10.1 Å². The number of sulfonamides is 1. The number of carbonyl (C=O) groups is 1. The van der Waals surface area contributed by atoms with E-state index in [1.165, 1.54) is 4.31 Å². The second-order valence-corrected chi connectivity index (χ2v) is 9.85. The monoisotopic (exact) mass is 430 g/mol. The van der Waals surface area contributed by atoms with Crippen LogP contribution in [-0.4, -0.2) is 39.6 Å². The molecule has 0 saturated carbocycles. The Bertz CT molecular complexity index is 1000. The molecule has 1 atom stereocenters. The highest BCUT2D eigenvalue weighted by atomic mass is 32.2. The fourth-order valence-corrected chi connectivity index (χ4v) is 5.32. The zero-order chi connectivity index (χ0) is 21.9. The van der Waals surface area contributed by atoms with Crippen molar-refractivity contribution in [2.45, 2.75) is 57.6 Å². The number of hydrogen-bond donors (Lipinski definition) is 1. The van der Waals surface area contributed by atoms with Crippen LogP contribution >= 0.6 is 0 Å². The van der Waals surface area contributed by atoms with Gasteiger partial charge in [-0.1, -0.05) is 17.7 Å². The molecule has 1 heterocycles. The molecule has 1 aliphatic heterocycles. The van der Waals surface area contributed by atoms with Gasteiger partial charge in [-0.15, -0.1) is 0 Å². The van der Waals surface area contributed by atoms with Gasteiger partial charge in [-0.3, -0.25) is 9.10 Å². The Morgan fingerprint density at radius 2 is 1.90 bits per heavy atom. The molecule has 0 aliphatic carbocycles. The Labute approximate surface area is 179 Å². The Balaban J connectivity index is 1.74. The van der Waals surface area contributed by atoms with E-state index in [0.29, 0.717) is 30.8 Å². The van der Waals surface area contributed by atoms with E-state index in [1.54, 1.807) is 42.5 Å². The summed E-state index contributed by atoms with van der Waals surface area (Å²) in [4.78, 5) is 12.7. The Hall–Kier alpha value is -2.38. The number of rotatable bonds is 8. The van der Waals surface area contributed by atoms with Crippen LogP contribution < -0.4 is 9.62 Å². The highest BCUT2D eigenvalue weighted by Crippen LogP contribution is 2.37. The molecule has 0 saturated heterocycles. The topological polar surface area (TPSA) is 75.7 Å². The Morgan fingerprint density at radius 3 is 2.57 bits per heavy atom. The smallest absolute Gasteiger partial charge is 0.264 e. The van der Waals surface area contributed by atoms with Crippen LogP contribution in [0.15, 0.2) is 47.4 Å². The van der Waals surface area contributed by atoms with Crippen molar-refractivity contribution in [2.24, 2.45) is 0 Å². The highest BCUT2D eigenvalue weighted by Gasteiger charge is 2.36. The number of carbonyl (C=O) groups excluding carboxylic acids is 1. The molecule has 0 bridgehead atoms. The van der Waals surface area contributed by atoms with Gasteiger partial charge in [-0.2, -0.15) is 0 Å². The summed E-state index contributed by atoms with van der Waals surface area (Å²) in [5, 5.41) is 2.90. The van der Waals surface area contributed by atoms with Gasteiger partial charge in [0.2, 0.25) is 0 Å². The molecule has 7 heteroatoms. The lowest BCUT2D eigenvalue weighted by Crippen LogP contribution is -2.35. The molecule has 0 spiro atoms. The Kier molecular flexibility index (Phi) is 6.83. The van der Waals surface area contributed by atoms with Gasteiger partial charge in [0.05, 0.1) is 16.7 Å². The zero-order valence-corrected chi connectivity index (χ0v) is 18.8.